The fourth-order valence-corrected chi connectivity index (χ4v) is 5.58. The molecular formula is C13H19NO3S2. The van der Waals surface area contributed by atoms with Gasteiger partial charge < -0.3 is 0 Å². The molecule has 1 saturated heterocycles. The first-order valence-electron chi connectivity index (χ1n) is 6.55. The first kappa shape index (κ1) is 14.7. The van der Waals surface area contributed by atoms with Crippen molar-refractivity contribution in [1.82, 2.24) is 4.31 Å². The third kappa shape index (κ3) is 3.07. The summed E-state index contributed by atoms with van der Waals surface area (Å²) in [5.41, 5.74) is 0. The third-order valence-electron chi connectivity index (χ3n) is 3.39. The van der Waals surface area contributed by atoms with Crippen LogP contribution in [0, 0.1) is 0 Å². The number of aryl methyl sites for hydroxylation is 1. The minimum Gasteiger partial charge on any atom is -0.300 e. The number of carbonyl (C=O) groups is 1. The van der Waals surface area contributed by atoms with Crippen molar-refractivity contribution in [2.24, 2.45) is 0 Å². The van der Waals surface area contributed by atoms with Crippen LogP contribution in [0.2, 0.25) is 0 Å². The van der Waals surface area contributed by atoms with Crippen molar-refractivity contribution in [2.45, 2.75) is 49.8 Å². The zero-order valence-electron chi connectivity index (χ0n) is 11.3. The predicted octanol–water partition coefficient (Wildman–Crippen LogP) is 2.44. The molecule has 1 aliphatic rings. The molecule has 2 heterocycles. The summed E-state index contributed by atoms with van der Waals surface area (Å²) in [6.07, 6.45) is 2.79. The summed E-state index contributed by atoms with van der Waals surface area (Å²) in [6, 6.07) is 3.39. The number of nitrogens with zero attached hydrogens (tertiary/aromatic N) is 1. The Morgan fingerprint density at radius 3 is 2.79 bits per heavy atom. The molecule has 0 saturated carbocycles. The lowest BCUT2D eigenvalue weighted by Gasteiger charge is -2.22. The van der Waals surface area contributed by atoms with Crippen molar-refractivity contribution in [3.63, 3.8) is 0 Å². The molecule has 6 heteroatoms. The van der Waals surface area contributed by atoms with Gasteiger partial charge in [-0.2, -0.15) is 4.31 Å². The number of ketones is 1. The summed E-state index contributed by atoms with van der Waals surface area (Å²) in [7, 11) is -3.42. The van der Waals surface area contributed by atoms with Crippen molar-refractivity contribution >= 4 is 27.1 Å². The Hall–Kier alpha value is -0.720. The van der Waals surface area contributed by atoms with Gasteiger partial charge in [-0.25, -0.2) is 8.42 Å². The normalized spacial score (nSPS) is 20.8. The van der Waals surface area contributed by atoms with E-state index in [9.17, 15) is 13.2 Å². The lowest BCUT2D eigenvalue weighted by Crippen LogP contribution is -2.36. The molecule has 0 aliphatic carbocycles. The Balaban J connectivity index is 2.25. The van der Waals surface area contributed by atoms with Crippen molar-refractivity contribution in [2.75, 3.05) is 6.54 Å². The molecular weight excluding hydrogens is 282 g/mol. The van der Waals surface area contributed by atoms with E-state index < -0.39 is 10.0 Å². The number of rotatable bonds is 5. The van der Waals surface area contributed by atoms with Gasteiger partial charge in [-0.15, -0.1) is 11.3 Å². The predicted molar refractivity (Wildman–Crippen MR) is 75.9 cm³/mol. The van der Waals surface area contributed by atoms with Crippen molar-refractivity contribution in [3.8, 4) is 0 Å². The molecule has 1 unspecified atom stereocenters. The Kier molecular flexibility index (Phi) is 4.43. The molecule has 4 nitrogen and oxygen atoms in total. The fourth-order valence-electron chi connectivity index (χ4n) is 2.46. The van der Waals surface area contributed by atoms with Crippen LogP contribution in [-0.2, 0) is 21.2 Å². The molecule has 0 amide bonds. The molecule has 19 heavy (non-hydrogen) atoms. The molecule has 1 atom stereocenters. The number of thiophene rings is 1. The van der Waals surface area contributed by atoms with Gasteiger partial charge in [0.2, 0.25) is 0 Å². The van der Waals surface area contributed by atoms with Crippen LogP contribution in [0.15, 0.2) is 16.3 Å². The van der Waals surface area contributed by atoms with Crippen molar-refractivity contribution in [1.29, 1.82) is 0 Å². The molecule has 0 aromatic carbocycles. The van der Waals surface area contributed by atoms with E-state index in [-0.39, 0.29) is 11.8 Å². The summed E-state index contributed by atoms with van der Waals surface area (Å²) in [5, 5.41) is 0. The van der Waals surface area contributed by atoms with Gasteiger partial charge in [-0.3, -0.25) is 4.79 Å². The molecule has 1 aromatic rings. The summed E-state index contributed by atoms with van der Waals surface area (Å²) >= 11 is 1.33. The summed E-state index contributed by atoms with van der Waals surface area (Å²) in [4.78, 5) is 12.3. The molecule has 1 aliphatic heterocycles. The number of sulfonamides is 1. The maximum atomic E-state index is 12.6. The Morgan fingerprint density at radius 1 is 1.47 bits per heavy atom. The molecule has 1 aromatic heterocycles. The molecule has 0 N–H and O–H groups in total. The van der Waals surface area contributed by atoms with Crippen LogP contribution < -0.4 is 0 Å². The number of hydrogen-bond donors (Lipinski definition) is 0. The first-order valence-corrected chi connectivity index (χ1v) is 8.80. The minimum atomic E-state index is -3.42. The second-order valence-electron chi connectivity index (χ2n) is 4.89. The first-order chi connectivity index (χ1) is 8.95. The highest BCUT2D eigenvalue weighted by molar-refractivity contribution is 7.91. The van der Waals surface area contributed by atoms with Gasteiger partial charge >= 0.3 is 0 Å². The van der Waals surface area contributed by atoms with E-state index in [4.69, 9.17) is 0 Å². The average Bonchev–Trinajstić information content (AvgIpc) is 2.95. The molecule has 2 rings (SSSR count). The van der Waals surface area contributed by atoms with Gasteiger partial charge in [-0.1, -0.05) is 6.92 Å². The lowest BCUT2D eigenvalue weighted by molar-refractivity contribution is -0.117. The number of carbonyl (C=O) groups excluding carboxylic acids is 1. The highest BCUT2D eigenvalue weighted by atomic mass is 32.2. The standard InChI is InChI=1S/C13H19NO3S2/c1-3-12-6-7-13(18-12)19(16,17)14-8-4-5-11(14)9-10(2)15/h6-7,11H,3-5,8-9H2,1-2H3. The second-order valence-corrected chi connectivity index (χ2v) is 8.18. The van der Waals surface area contributed by atoms with Crippen molar-refractivity contribution in [3.05, 3.63) is 17.0 Å². The maximum Gasteiger partial charge on any atom is 0.252 e. The Bertz CT molecular complexity index is 562. The topological polar surface area (TPSA) is 54.5 Å². The van der Waals surface area contributed by atoms with Gasteiger partial charge in [0.25, 0.3) is 10.0 Å². The van der Waals surface area contributed by atoms with Crippen LogP contribution in [0.3, 0.4) is 0 Å². The van der Waals surface area contributed by atoms with Gasteiger partial charge in [0.05, 0.1) is 0 Å². The smallest absolute Gasteiger partial charge is 0.252 e. The van der Waals surface area contributed by atoms with Gasteiger partial charge in [0.15, 0.2) is 0 Å². The zero-order valence-corrected chi connectivity index (χ0v) is 12.9. The van der Waals surface area contributed by atoms with Gasteiger partial charge in [-0.05, 0) is 38.3 Å². The van der Waals surface area contributed by atoms with E-state index in [2.05, 4.69) is 0 Å². The van der Waals surface area contributed by atoms with Gasteiger partial charge in [0, 0.05) is 23.9 Å². The van der Waals surface area contributed by atoms with Crippen LogP contribution in [0.25, 0.3) is 0 Å². The van der Waals surface area contributed by atoms with E-state index in [1.165, 1.54) is 22.6 Å². The van der Waals surface area contributed by atoms with E-state index in [0.717, 1.165) is 24.1 Å². The monoisotopic (exact) mass is 301 g/mol. The fraction of sp³-hybridized carbons (Fsp3) is 0.615. The molecule has 1 fully saturated rings. The number of hydrogen-bond acceptors (Lipinski definition) is 4. The zero-order chi connectivity index (χ0) is 14.0. The lowest BCUT2D eigenvalue weighted by atomic mass is 10.1. The highest BCUT2D eigenvalue weighted by Gasteiger charge is 2.36. The van der Waals surface area contributed by atoms with Crippen LogP contribution in [0.1, 0.15) is 38.0 Å². The molecule has 0 spiro atoms. The quantitative estimate of drug-likeness (QED) is 0.839. The van der Waals surface area contributed by atoms with E-state index in [0.29, 0.717) is 17.2 Å². The average molecular weight is 301 g/mol. The SMILES string of the molecule is CCc1ccc(S(=O)(=O)N2CCCC2CC(C)=O)s1. The highest BCUT2D eigenvalue weighted by Crippen LogP contribution is 2.31. The summed E-state index contributed by atoms with van der Waals surface area (Å²) < 4.78 is 27.1. The largest absolute Gasteiger partial charge is 0.300 e. The number of Topliss-reactive ketones (excluding diaryl/α,β-unsaturated/α-hetero) is 1. The summed E-state index contributed by atoms with van der Waals surface area (Å²) in [5.74, 6) is 0.0486. The summed E-state index contributed by atoms with van der Waals surface area (Å²) in [6.45, 7) is 4.06. The van der Waals surface area contributed by atoms with Crippen molar-refractivity contribution < 1.29 is 13.2 Å². The second kappa shape index (κ2) is 5.73. The van der Waals surface area contributed by atoms with E-state index in [1.807, 2.05) is 13.0 Å². The maximum absolute atomic E-state index is 12.6. The van der Waals surface area contributed by atoms with Crippen LogP contribution in [0.4, 0.5) is 0 Å². The third-order valence-corrected chi connectivity index (χ3v) is 7.04. The Labute approximate surface area is 118 Å². The molecule has 0 bridgehead atoms. The Morgan fingerprint density at radius 2 is 2.21 bits per heavy atom. The minimum absolute atomic E-state index is 0.0486. The van der Waals surface area contributed by atoms with Crippen LogP contribution >= 0.6 is 11.3 Å². The van der Waals surface area contributed by atoms with Gasteiger partial charge in [0.1, 0.15) is 9.99 Å². The molecule has 106 valence electrons. The van der Waals surface area contributed by atoms with E-state index >= 15 is 0 Å². The van der Waals surface area contributed by atoms with Crippen LogP contribution in [-0.4, -0.2) is 31.1 Å². The molecule has 0 radical (unpaired) electrons. The van der Waals surface area contributed by atoms with E-state index in [1.54, 1.807) is 6.07 Å². The van der Waals surface area contributed by atoms with Crippen LogP contribution in [0.5, 0.6) is 0 Å².